The standard InChI is InChI=1S/C15H18FNO2/c1-19-14(18)11-4-2-10(3-5-11)12-8-15(6-7-17-12)9-13(15)16/h2-5,12-13,17H,6-9H2,1H3. The number of rotatable bonds is 2. The summed E-state index contributed by atoms with van der Waals surface area (Å²) in [6.07, 6.45) is 1.88. The molecule has 1 aliphatic heterocycles. The van der Waals surface area contributed by atoms with Crippen LogP contribution in [0.4, 0.5) is 4.39 Å². The molecule has 0 radical (unpaired) electrons. The molecular weight excluding hydrogens is 245 g/mol. The van der Waals surface area contributed by atoms with E-state index in [1.165, 1.54) is 7.11 Å². The minimum absolute atomic E-state index is 0.0725. The first-order valence-corrected chi connectivity index (χ1v) is 6.70. The second-order valence-corrected chi connectivity index (χ2v) is 5.61. The fourth-order valence-corrected chi connectivity index (χ4v) is 3.05. The molecule has 1 heterocycles. The molecule has 1 aromatic carbocycles. The van der Waals surface area contributed by atoms with Crippen molar-refractivity contribution in [3.63, 3.8) is 0 Å². The first kappa shape index (κ1) is 12.6. The van der Waals surface area contributed by atoms with Crippen molar-refractivity contribution in [3.05, 3.63) is 35.4 Å². The molecule has 1 aliphatic carbocycles. The number of halogens is 1. The maximum absolute atomic E-state index is 13.5. The van der Waals surface area contributed by atoms with E-state index >= 15 is 0 Å². The molecule has 1 spiro atoms. The van der Waals surface area contributed by atoms with Crippen LogP contribution in [0.25, 0.3) is 0 Å². The third-order valence-corrected chi connectivity index (χ3v) is 4.45. The van der Waals surface area contributed by atoms with Crippen LogP contribution < -0.4 is 5.32 Å². The first-order chi connectivity index (χ1) is 9.14. The topological polar surface area (TPSA) is 38.3 Å². The number of carbonyl (C=O) groups is 1. The van der Waals surface area contributed by atoms with E-state index in [1.807, 2.05) is 12.1 Å². The van der Waals surface area contributed by atoms with Crippen LogP contribution in [-0.2, 0) is 4.74 Å². The van der Waals surface area contributed by atoms with Gasteiger partial charge in [0.25, 0.3) is 0 Å². The molecule has 1 saturated carbocycles. The summed E-state index contributed by atoms with van der Waals surface area (Å²) in [5.41, 5.74) is 1.59. The normalized spacial score (nSPS) is 33.2. The van der Waals surface area contributed by atoms with Crippen LogP contribution in [0.15, 0.2) is 24.3 Å². The van der Waals surface area contributed by atoms with Gasteiger partial charge in [0.05, 0.1) is 12.7 Å². The first-order valence-electron chi connectivity index (χ1n) is 6.70. The predicted molar refractivity (Wildman–Crippen MR) is 69.7 cm³/mol. The highest BCUT2D eigenvalue weighted by molar-refractivity contribution is 5.89. The number of esters is 1. The second-order valence-electron chi connectivity index (χ2n) is 5.61. The maximum atomic E-state index is 13.5. The van der Waals surface area contributed by atoms with Gasteiger partial charge in [-0.25, -0.2) is 9.18 Å². The number of piperidine rings is 1. The van der Waals surface area contributed by atoms with Gasteiger partial charge >= 0.3 is 5.97 Å². The van der Waals surface area contributed by atoms with Crippen LogP contribution in [0.5, 0.6) is 0 Å². The quantitative estimate of drug-likeness (QED) is 0.834. The summed E-state index contributed by atoms with van der Waals surface area (Å²) in [6.45, 7) is 0.865. The van der Waals surface area contributed by atoms with Gasteiger partial charge in [-0.2, -0.15) is 0 Å². The molecule has 0 aromatic heterocycles. The van der Waals surface area contributed by atoms with Crippen LogP contribution >= 0.6 is 0 Å². The van der Waals surface area contributed by atoms with Crippen LogP contribution in [0.2, 0.25) is 0 Å². The number of ether oxygens (including phenoxy) is 1. The van der Waals surface area contributed by atoms with Gasteiger partial charge < -0.3 is 10.1 Å². The molecule has 3 atom stereocenters. The molecule has 3 unspecified atom stereocenters. The Morgan fingerprint density at radius 2 is 2.05 bits per heavy atom. The minimum Gasteiger partial charge on any atom is -0.465 e. The van der Waals surface area contributed by atoms with Gasteiger partial charge in [-0.1, -0.05) is 12.1 Å². The summed E-state index contributed by atoms with van der Waals surface area (Å²) < 4.78 is 18.1. The second kappa shape index (κ2) is 4.60. The Balaban J connectivity index is 1.73. The Morgan fingerprint density at radius 1 is 1.37 bits per heavy atom. The van der Waals surface area contributed by atoms with Crippen molar-refractivity contribution in [1.82, 2.24) is 5.32 Å². The van der Waals surface area contributed by atoms with E-state index in [0.717, 1.165) is 24.9 Å². The van der Waals surface area contributed by atoms with E-state index < -0.39 is 6.17 Å². The van der Waals surface area contributed by atoms with Gasteiger partial charge in [0, 0.05) is 11.5 Å². The van der Waals surface area contributed by atoms with Crippen molar-refractivity contribution in [2.75, 3.05) is 13.7 Å². The number of methoxy groups -OCH3 is 1. The average Bonchev–Trinajstić information content (AvgIpc) is 3.06. The molecule has 1 N–H and O–H groups in total. The lowest BCUT2D eigenvalue weighted by molar-refractivity contribution is 0.0600. The van der Waals surface area contributed by atoms with Gasteiger partial charge in [-0.05, 0) is 43.5 Å². The van der Waals surface area contributed by atoms with Crippen molar-refractivity contribution < 1.29 is 13.9 Å². The Hall–Kier alpha value is -1.42. The zero-order chi connectivity index (χ0) is 13.5. The summed E-state index contributed by atoms with van der Waals surface area (Å²) in [6, 6.07) is 7.59. The lowest BCUT2D eigenvalue weighted by atomic mass is 9.86. The predicted octanol–water partition coefficient (Wildman–Crippen LogP) is 2.63. The third kappa shape index (κ3) is 2.25. The number of hydrogen-bond acceptors (Lipinski definition) is 3. The highest BCUT2D eigenvalue weighted by Gasteiger charge is 2.56. The van der Waals surface area contributed by atoms with Gasteiger partial charge in [-0.15, -0.1) is 0 Å². The summed E-state index contributed by atoms with van der Waals surface area (Å²) in [5, 5.41) is 3.43. The van der Waals surface area contributed by atoms with Crippen molar-refractivity contribution in [2.24, 2.45) is 5.41 Å². The third-order valence-electron chi connectivity index (χ3n) is 4.45. The van der Waals surface area contributed by atoms with Crippen LogP contribution in [-0.4, -0.2) is 25.8 Å². The minimum atomic E-state index is -0.619. The molecule has 3 nitrogen and oxygen atoms in total. The van der Waals surface area contributed by atoms with Crippen LogP contribution in [0.3, 0.4) is 0 Å². The summed E-state index contributed by atoms with van der Waals surface area (Å²) in [5.74, 6) is -0.328. The Bertz CT molecular complexity index is 487. The SMILES string of the molecule is COC(=O)c1ccc(C2CC3(CCN2)CC3F)cc1. The molecule has 4 heteroatoms. The van der Waals surface area contributed by atoms with E-state index in [2.05, 4.69) is 10.1 Å². The van der Waals surface area contributed by atoms with Crippen molar-refractivity contribution >= 4 is 5.97 Å². The highest BCUT2D eigenvalue weighted by Crippen LogP contribution is 2.58. The smallest absolute Gasteiger partial charge is 0.337 e. The molecule has 3 rings (SSSR count). The Labute approximate surface area is 112 Å². The fraction of sp³-hybridized carbons (Fsp3) is 0.533. The molecule has 102 valence electrons. The average molecular weight is 263 g/mol. The molecule has 1 aromatic rings. The zero-order valence-corrected chi connectivity index (χ0v) is 11.0. The lowest BCUT2D eigenvalue weighted by Gasteiger charge is -2.30. The number of alkyl halides is 1. The largest absolute Gasteiger partial charge is 0.465 e. The van der Waals surface area contributed by atoms with Crippen LogP contribution in [0, 0.1) is 5.41 Å². The molecule has 19 heavy (non-hydrogen) atoms. The molecular formula is C15H18FNO2. The van der Waals surface area contributed by atoms with E-state index in [4.69, 9.17) is 0 Å². The van der Waals surface area contributed by atoms with E-state index in [-0.39, 0.29) is 17.4 Å². The lowest BCUT2D eigenvalue weighted by Crippen LogP contribution is -2.33. The number of hydrogen-bond donors (Lipinski definition) is 1. The summed E-state index contributed by atoms with van der Waals surface area (Å²) in [4.78, 5) is 11.4. The summed E-state index contributed by atoms with van der Waals surface area (Å²) in [7, 11) is 1.37. The number of carbonyl (C=O) groups excluding carboxylic acids is 1. The number of nitrogens with one attached hydrogen (secondary N) is 1. The van der Waals surface area contributed by atoms with Gasteiger partial charge in [-0.3, -0.25) is 0 Å². The summed E-state index contributed by atoms with van der Waals surface area (Å²) >= 11 is 0. The molecule has 0 bridgehead atoms. The van der Waals surface area contributed by atoms with Crippen molar-refractivity contribution in [3.8, 4) is 0 Å². The monoisotopic (exact) mass is 263 g/mol. The van der Waals surface area contributed by atoms with E-state index in [1.54, 1.807) is 12.1 Å². The van der Waals surface area contributed by atoms with Gasteiger partial charge in [0.15, 0.2) is 0 Å². The van der Waals surface area contributed by atoms with Gasteiger partial charge in [0.2, 0.25) is 0 Å². The highest BCUT2D eigenvalue weighted by atomic mass is 19.1. The van der Waals surface area contributed by atoms with Crippen LogP contribution in [0.1, 0.15) is 41.2 Å². The van der Waals surface area contributed by atoms with Gasteiger partial charge in [0.1, 0.15) is 6.17 Å². The van der Waals surface area contributed by atoms with Crippen molar-refractivity contribution in [2.45, 2.75) is 31.5 Å². The maximum Gasteiger partial charge on any atom is 0.337 e. The van der Waals surface area contributed by atoms with E-state index in [0.29, 0.717) is 12.0 Å². The molecule has 1 saturated heterocycles. The Morgan fingerprint density at radius 3 is 2.63 bits per heavy atom. The fourth-order valence-electron chi connectivity index (χ4n) is 3.05. The van der Waals surface area contributed by atoms with Crippen molar-refractivity contribution in [1.29, 1.82) is 0 Å². The Kier molecular flexibility index (Phi) is 3.05. The molecule has 0 amide bonds. The number of benzene rings is 1. The molecule has 2 fully saturated rings. The van der Waals surface area contributed by atoms with E-state index in [9.17, 15) is 9.18 Å². The molecule has 2 aliphatic rings. The zero-order valence-electron chi connectivity index (χ0n) is 11.0.